The molecule has 2 aromatic carbocycles. The molecule has 152 valence electrons. The first kappa shape index (κ1) is 19.7. The zero-order valence-corrected chi connectivity index (χ0v) is 17.2. The van der Waals surface area contributed by atoms with Crippen molar-refractivity contribution in [1.82, 2.24) is 14.1 Å². The second-order valence-corrected chi connectivity index (χ2v) is 7.22. The van der Waals surface area contributed by atoms with Crippen LogP contribution < -0.4 is 15.6 Å². The topological polar surface area (TPSA) is 78.2 Å². The second kappa shape index (κ2) is 8.04. The molecule has 0 fully saturated rings. The molecular weight excluding hydrogens is 404 g/mol. The first-order chi connectivity index (χ1) is 14.5. The van der Waals surface area contributed by atoms with Gasteiger partial charge in [0.2, 0.25) is 5.91 Å². The third-order valence-corrected chi connectivity index (χ3v) is 5.05. The zero-order chi connectivity index (χ0) is 21.3. The molecule has 2 heterocycles. The molecule has 0 radical (unpaired) electrons. The Bertz CT molecular complexity index is 1290. The number of halogens is 1. The van der Waals surface area contributed by atoms with Gasteiger partial charge in [-0.3, -0.25) is 14.2 Å². The van der Waals surface area contributed by atoms with Crippen LogP contribution in [0.25, 0.3) is 22.2 Å². The number of amides is 1. The van der Waals surface area contributed by atoms with Gasteiger partial charge < -0.3 is 14.6 Å². The molecule has 1 N–H and O–H groups in total. The van der Waals surface area contributed by atoms with Gasteiger partial charge in [-0.2, -0.15) is 0 Å². The maximum Gasteiger partial charge on any atom is 0.278 e. The summed E-state index contributed by atoms with van der Waals surface area (Å²) in [6.45, 7) is -0.165. The minimum Gasteiger partial charge on any atom is -0.495 e. The predicted molar refractivity (Wildman–Crippen MR) is 117 cm³/mol. The number of rotatable bonds is 5. The summed E-state index contributed by atoms with van der Waals surface area (Å²) in [7, 11) is 3.31. The van der Waals surface area contributed by atoms with Gasteiger partial charge in [0.05, 0.1) is 19.1 Å². The molecule has 0 aliphatic carbocycles. The first-order valence-corrected chi connectivity index (χ1v) is 9.59. The summed E-state index contributed by atoms with van der Waals surface area (Å²) < 4.78 is 8.25. The van der Waals surface area contributed by atoms with E-state index in [4.69, 9.17) is 16.3 Å². The molecule has 0 aliphatic rings. The van der Waals surface area contributed by atoms with E-state index in [0.29, 0.717) is 27.5 Å². The molecule has 4 rings (SSSR count). The average Bonchev–Trinajstić information content (AvgIpc) is 3.08. The van der Waals surface area contributed by atoms with Crippen LogP contribution in [0.5, 0.6) is 5.75 Å². The van der Waals surface area contributed by atoms with Crippen LogP contribution in [0, 0.1) is 0 Å². The van der Waals surface area contributed by atoms with Crippen molar-refractivity contribution in [2.24, 2.45) is 7.05 Å². The Morgan fingerprint density at radius 1 is 1.17 bits per heavy atom. The molecule has 0 unspecified atom stereocenters. The van der Waals surface area contributed by atoms with Crippen molar-refractivity contribution in [3.05, 3.63) is 76.4 Å². The number of fused-ring (bicyclic) bond motifs is 1. The summed E-state index contributed by atoms with van der Waals surface area (Å²) >= 11 is 5.97. The number of para-hydroxylation sites is 2. The molecule has 0 aliphatic heterocycles. The molecule has 0 atom stereocenters. The van der Waals surface area contributed by atoms with Gasteiger partial charge in [0.25, 0.3) is 5.56 Å². The summed E-state index contributed by atoms with van der Waals surface area (Å²) in [5, 5.41) is 3.40. The summed E-state index contributed by atoms with van der Waals surface area (Å²) in [6, 6.07) is 14.4. The lowest BCUT2D eigenvalue weighted by Gasteiger charge is -2.11. The number of aromatic nitrogens is 3. The molecule has 0 bridgehead atoms. The maximum absolute atomic E-state index is 13.0. The molecule has 0 saturated carbocycles. The number of methoxy groups -OCH3 is 1. The number of ether oxygens (including phenoxy) is 1. The Labute approximate surface area is 177 Å². The number of nitrogens with one attached hydrogen (secondary N) is 1. The number of carbonyl (C=O) groups excluding carboxylic acids is 1. The highest BCUT2D eigenvalue weighted by atomic mass is 35.5. The highest BCUT2D eigenvalue weighted by Crippen LogP contribution is 2.28. The van der Waals surface area contributed by atoms with E-state index in [2.05, 4.69) is 10.3 Å². The molecule has 0 saturated heterocycles. The van der Waals surface area contributed by atoms with Gasteiger partial charge >= 0.3 is 0 Å². The highest BCUT2D eigenvalue weighted by molar-refractivity contribution is 6.30. The SMILES string of the molecule is COc1ccccc1NC(=O)Cn1cnc2c(-c3ccc(Cl)cc3)cn(C)c2c1=O. The Morgan fingerprint density at radius 3 is 2.63 bits per heavy atom. The number of carbonyl (C=O) groups is 1. The van der Waals surface area contributed by atoms with Gasteiger partial charge in [-0.1, -0.05) is 35.9 Å². The fraction of sp³-hybridized carbons (Fsp3) is 0.136. The lowest BCUT2D eigenvalue weighted by atomic mass is 10.1. The minimum absolute atomic E-state index is 0.165. The molecule has 1 amide bonds. The fourth-order valence-electron chi connectivity index (χ4n) is 3.36. The third kappa shape index (κ3) is 3.67. The molecule has 2 aromatic heterocycles. The number of anilines is 1. The van der Waals surface area contributed by atoms with Crippen molar-refractivity contribution in [3.8, 4) is 16.9 Å². The first-order valence-electron chi connectivity index (χ1n) is 9.21. The van der Waals surface area contributed by atoms with Gasteiger partial charge in [0, 0.05) is 23.8 Å². The van der Waals surface area contributed by atoms with Crippen LogP contribution in [0.4, 0.5) is 5.69 Å². The lowest BCUT2D eigenvalue weighted by molar-refractivity contribution is -0.116. The molecule has 7 nitrogen and oxygen atoms in total. The summed E-state index contributed by atoms with van der Waals surface area (Å²) in [4.78, 5) is 30.0. The van der Waals surface area contributed by atoms with Crippen LogP contribution in [0.3, 0.4) is 0 Å². The molecular formula is C22H19ClN4O3. The molecule has 4 aromatic rings. The Balaban J connectivity index is 1.65. The van der Waals surface area contributed by atoms with Gasteiger partial charge in [0.1, 0.15) is 23.3 Å². The van der Waals surface area contributed by atoms with Crippen molar-refractivity contribution in [2.75, 3.05) is 12.4 Å². The van der Waals surface area contributed by atoms with Gasteiger partial charge in [-0.05, 0) is 29.8 Å². The summed E-state index contributed by atoms with van der Waals surface area (Å²) in [5.74, 6) is 0.191. The number of benzene rings is 2. The fourth-order valence-corrected chi connectivity index (χ4v) is 3.48. The van der Waals surface area contributed by atoms with E-state index in [1.807, 2.05) is 24.4 Å². The van der Waals surface area contributed by atoms with Crippen LogP contribution in [0.1, 0.15) is 0 Å². The largest absolute Gasteiger partial charge is 0.495 e. The normalized spacial score (nSPS) is 10.9. The van der Waals surface area contributed by atoms with Crippen LogP contribution >= 0.6 is 11.6 Å². The Morgan fingerprint density at radius 2 is 1.90 bits per heavy atom. The average molecular weight is 423 g/mol. The molecule has 8 heteroatoms. The standard InChI is InChI=1S/C22H19ClN4O3/c1-26-11-16(14-7-9-15(23)10-8-14)20-21(26)22(29)27(13-24-20)12-19(28)25-17-5-3-4-6-18(17)30-2/h3-11,13H,12H2,1-2H3,(H,25,28). The van der Waals surface area contributed by atoms with E-state index in [9.17, 15) is 9.59 Å². The van der Waals surface area contributed by atoms with Gasteiger partial charge in [-0.25, -0.2) is 4.98 Å². The van der Waals surface area contributed by atoms with Gasteiger partial charge in [-0.15, -0.1) is 0 Å². The van der Waals surface area contributed by atoms with Crippen molar-refractivity contribution < 1.29 is 9.53 Å². The van der Waals surface area contributed by atoms with E-state index in [0.717, 1.165) is 11.1 Å². The van der Waals surface area contributed by atoms with E-state index < -0.39 is 0 Å². The monoisotopic (exact) mass is 422 g/mol. The van der Waals surface area contributed by atoms with E-state index >= 15 is 0 Å². The third-order valence-electron chi connectivity index (χ3n) is 4.79. The number of hydrogen-bond donors (Lipinski definition) is 1. The van der Waals surface area contributed by atoms with Crippen LogP contribution in [0.2, 0.25) is 5.02 Å². The smallest absolute Gasteiger partial charge is 0.278 e. The van der Waals surface area contributed by atoms with E-state index in [1.54, 1.807) is 41.9 Å². The number of nitrogens with zero attached hydrogens (tertiary/aromatic N) is 3. The van der Waals surface area contributed by atoms with Crippen LogP contribution in [0.15, 0.2) is 65.8 Å². The van der Waals surface area contributed by atoms with Crippen molar-refractivity contribution >= 4 is 34.2 Å². The highest BCUT2D eigenvalue weighted by Gasteiger charge is 2.16. The summed E-state index contributed by atoms with van der Waals surface area (Å²) in [5.41, 5.74) is 2.98. The summed E-state index contributed by atoms with van der Waals surface area (Å²) in [6.07, 6.45) is 3.24. The molecule has 0 spiro atoms. The minimum atomic E-state index is -0.352. The zero-order valence-electron chi connectivity index (χ0n) is 16.4. The lowest BCUT2D eigenvalue weighted by Crippen LogP contribution is -2.28. The maximum atomic E-state index is 13.0. The quantitative estimate of drug-likeness (QED) is 0.532. The number of aryl methyl sites for hydroxylation is 1. The van der Waals surface area contributed by atoms with Crippen molar-refractivity contribution in [3.63, 3.8) is 0 Å². The van der Waals surface area contributed by atoms with E-state index in [-0.39, 0.29) is 18.0 Å². The van der Waals surface area contributed by atoms with Crippen molar-refractivity contribution in [2.45, 2.75) is 6.54 Å². The Hall–Kier alpha value is -3.58. The van der Waals surface area contributed by atoms with Crippen LogP contribution in [-0.4, -0.2) is 27.1 Å². The molecule has 30 heavy (non-hydrogen) atoms. The van der Waals surface area contributed by atoms with E-state index in [1.165, 1.54) is 18.0 Å². The predicted octanol–water partition coefficient (Wildman–Crippen LogP) is 3.70. The Kier molecular flexibility index (Phi) is 5.29. The second-order valence-electron chi connectivity index (χ2n) is 6.78. The van der Waals surface area contributed by atoms with Crippen LogP contribution in [-0.2, 0) is 18.4 Å². The number of hydrogen-bond acceptors (Lipinski definition) is 4. The van der Waals surface area contributed by atoms with Crippen molar-refractivity contribution in [1.29, 1.82) is 0 Å². The van der Waals surface area contributed by atoms with Gasteiger partial charge in [0.15, 0.2) is 0 Å².